The van der Waals surface area contributed by atoms with Crippen molar-refractivity contribution in [3.63, 3.8) is 0 Å². The molecule has 0 saturated heterocycles. The minimum absolute atomic E-state index is 0.193. The molecule has 1 aliphatic rings. The van der Waals surface area contributed by atoms with Gasteiger partial charge in [0.25, 0.3) is 11.8 Å². The van der Waals surface area contributed by atoms with E-state index < -0.39 is 0 Å². The summed E-state index contributed by atoms with van der Waals surface area (Å²) < 4.78 is 0.881. The van der Waals surface area contributed by atoms with Gasteiger partial charge in [0.2, 0.25) is 0 Å². The van der Waals surface area contributed by atoms with Gasteiger partial charge in [0, 0.05) is 22.6 Å². The van der Waals surface area contributed by atoms with E-state index in [9.17, 15) is 9.59 Å². The molecule has 0 fully saturated rings. The van der Waals surface area contributed by atoms with Crippen molar-refractivity contribution in [3.8, 4) is 0 Å². The van der Waals surface area contributed by atoms with Gasteiger partial charge in [-0.1, -0.05) is 45.8 Å². The molecular weight excluding hydrogens is 442 g/mol. The topological polar surface area (TPSA) is 62.3 Å². The average molecular weight is 462 g/mol. The van der Waals surface area contributed by atoms with E-state index in [2.05, 4.69) is 26.2 Å². The Labute approximate surface area is 183 Å². The van der Waals surface area contributed by atoms with E-state index in [1.165, 1.54) is 4.90 Å². The highest BCUT2D eigenvalue weighted by Gasteiger charge is 2.39. The van der Waals surface area contributed by atoms with Gasteiger partial charge in [0.05, 0.1) is 12.1 Å². The fourth-order valence-electron chi connectivity index (χ4n) is 3.56. The number of hydrogen-bond donors (Lipinski definition) is 1. The Morgan fingerprint density at radius 2 is 1.73 bits per heavy atom. The van der Waals surface area contributed by atoms with Crippen molar-refractivity contribution in [1.29, 1.82) is 0 Å². The number of hydrogen-bond acceptors (Lipinski definition) is 4. The standard InChI is InChI=1S/C24H20BrN3O2/c1-15-6-7-20(16(2)12-15)21-22(27-19-5-3-4-18(25)13-19)24(30)28(23(21)29)14-17-8-10-26-11-9-17/h3-13,27H,14H2,1-2H3. The lowest BCUT2D eigenvalue weighted by Crippen LogP contribution is -2.32. The number of pyridine rings is 1. The summed E-state index contributed by atoms with van der Waals surface area (Å²) in [4.78, 5) is 32.0. The fourth-order valence-corrected chi connectivity index (χ4v) is 3.96. The molecule has 1 aromatic heterocycles. The molecule has 2 amide bonds. The van der Waals surface area contributed by atoms with Crippen LogP contribution < -0.4 is 5.32 Å². The number of nitrogens with one attached hydrogen (secondary N) is 1. The van der Waals surface area contributed by atoms with E-state index in [1.807, 2.05) is 56.3 Å². The summed E-state index contributed by atoms with van der Waals surface area (Å²) in [5.41, 5.74) is 5.07. The van der Waals surface area contributed by atoms with Gasteiger partial charge < -0.3 is 5.32 Å². The smallest absolute Gasteiger partial charge is 0.278 e. The van der Waals surface area contributed by atoms with E-state index in [4.69, 9.17) is 0 Å². The third-order valence-electron chi connectivity index (χ3n) is 5.00. The van der Waals surface area contributed by atoms with Gasteiger partial charge in [0.15, 0.2) is 0 Å². The van der Waals surface area contributed by atoms with Crippen molar-refractivity contribution in [2.24, 2.45) is 0 Å². The van der Waals surface area contributed by atoms with Crippen LogP contribution in [-0.2, 0) is 16.1 Å². The highest BCUT2D eigenvalue weighted by atomic mass is 79.9. The van der Waals surface area contributed by atoms with Crippen molar-refractivity contribution < 1.29 is 9.59 Å². The summed E-state index contributed by atoms with van der Waals surface area (Å²) in [5.74, 6) is -0.645. The summed E-state index contributed by atoms with van der Waals surface area (Å²) in [6.07, 6.45) is 3.30. The Morgan fingerprint density at radius 3 is 2.43 bits per heavy atom. The zero-order chi connectivity index (χ0) is 21.3. The molecule has 30 heavy (non-hydrogen) atoms. The molecule has 6 heteroatoms. The second-order valence-electron chi connectivity index (χ2n) is 7.26. The number of carbonyl (C=O) groups excluding carboxylic acids is 2. The maximum atomic E-state index is 13.4. The van der Waals surface area contributed by atoms with Crippen LogP contribution in [0.5, 0.6) is 0 Å². The molecular formula is C24H20BrN3O2. The maximum Gasteiger partial charge on any atom is 0.278 e. The van der Waals surface area contributed by atoms with Crippen LogP contribution in [0.2, 0.25) is 0 Å². The van der Waals surface area contributed by atoms with Gasteiger partial charge in [-0.05, 0) is 60.9 Å². The number of anilines is 1. The van der Waals surface area contributed by atoms with Crippen molar-refractivity contribution in [1.82, 2.24) is 9.88 Å². The van der Waals surface area contributed by atoms with E-state index in [0.717, 1.165) is 32.4 Å². The number of benzene rings is 2. The van der Waals surface area contributed by atoms with Crippen LogP contribution in [0.25, 0.3) is 5.57 Å². The molecule has 0 saturated carbocycles. The molecule has 2 aromatic carbocycles. The highest BCUT2D eigenvalue weighted by Crippen LogP contribution is 2.33. The molecule has 4 rings (SSSR count). The number of amides is 2. The Balaban J connectivity index is 1.79. The lowest BCUT2D eigenvalue weighted by atomic mass is 9.97. The van der Waals surface area contributed by atoms with Crippen LogP contribution in [0.4, 0.5) is 5.69 Å². The quantitative estimate of drug-likeness (QED) is 0.551. The molecule has 5 nitrogen and oxygen atoms in total. The monoisotopic (exact) mass is 461 g/mol. The Kier molecular flexibility index (Phi) is 5.50. The number of nitrogens with zero attached hydrogens (tertiary/aromatic N) is 2. The first kappa shape index (κ1) is 20.0. The number of rotatable bonds is 5. The summed E-state index contributed by atoms with van der Waals surface area (Å²) in [5, 5.41) is 3.19. The van der Waals surface area contributed by atoms with Crippen LogP contribution in [0.15, 0.2) is 77.2 Å². The van der Waals surface area contributed by atoms with Crippen LogP contribution >= 0.6 is 15.9 Å². The minimum Gasteiger partial charge on any atom is -0.350 e. The minimum atomic E-state index is -0.341. The Hall–Kier alpha value is -3.25. The largest absolute Gasteiger partial charge is 0.350 e. The molecule has 1 aliphatic heterocycles. The molecule has 3 aromatic rings. The number of aromatic nitrogens is 1. The van der Waals surface area contributed by atoms with Crippen molar-refractivity contribution in [3.05, 3.63) is 99.4 Å². The average Bonchev–Trinajstić information content (AvgIpc) is 2.93. The van der Waals surface area contributed by atoms with Gasteiger partial charge in [-0.3, -0.25) is 19.5 Å². The summed E-state index contributed by atoms with van der Waals surface area (Å²) >= 11 is 3.45. The van der Waals surface area contributed by atoms with Crippen molar-refractivity contribution >= 4 is 39.0 Å². The van der Waals surface area contributed by atoms with Gasteiger partial charge in [0.1, 0.15) is 5.70 Å². The fraction of sp³-hybridized carbons (Fsp3) is 0.125. The predicted molar refractivity (Wildman–Crippen MR) is 120 cm³/mol. The summed E-state index contributed by atoms with van der Waals surface area (Å²) in [7, 11) is 0. The van der Waals surface area contributed by atoms with Crippen LogP contribution in [0.1, 0.15) is 22.3 Å². The molecule has 0 atom stereocenters. The maximum absolute atomic E-state index is 13.4. The van der Waals surface area contributed by atoms with Gasteiger partial charge in [-0.25, -0.2) is 0 Å². The molecule has 0 spiro atoms. The highest BCUT2D eigenvalue weighted by molar-refractivity contribution is 9.10. The molecule has 0 unspecified atom stereocenters. The molecule has 0 radical (unpaired) electrons. The van der Waals surface area contributed by atoms with Crippen molar-refractivity contribution in [2.75, 3.05) is 5.32 Å². The lowest BCUT2D eigenvalue weighted by Gasteiger charge is -2.15. The number of aryl methyl sites for hydroxylation is 2. The number of halogens is 1. The van der Waals surface area contributed by atoms with Crippen LogP contribution in [0, 0.1) is 13.8 Å². The SMILES string of the molecule is Cc1ccc(C2=C(Nc3cccc(Br)c3)C(=O)N(Cc3ccncc3)C2=O)c(C)c1. The first-order chi connectivity index (χ1) is 14.4. The van der Waals surface area contributed by atoms with E-state index >= 15 is 0 Å². The zero-order valence-corrected chi connectivity index (χ0v) is 18.2. The van der Waals surface area contributed by atoms with Gasteiger partial charge in [-0.2, -0.15) is 0 Å². The van der Waals surface area contributed by atoms with Gasteiger partial charge in [-0.15, -0.1) is 0 Å². The second-order valence-corrected chi connectivity index (χ2v) is 8.17. The second kappa shape index (κ2) is 8.24. The van der Waals surface area contributed by atoms with Crippen LogP contribution in [-0.4, -0.2) is 21.7 Å². The molecule has 2 heterocycles. The van der Waals surface area contributed by atoms with E-state index in [-0.39, 0.29) is 18.4 Å². The molecule has 0 bridgehead atoms. The molecule has 1 N–H and O–H groups in total. The third kappa shape index (κ3) is 3.91. The molecule has 0 aliphatic carbocycles. The normalized spacial score (nSPS) is 13.9. The van der Waals surface area contributed by atoms with Gasteiger partial charge >= 0.3 is 0 Å². The summed E-state index contributed by atoms with van der Waals surface area (Å²) in [6.45, 7) is 4.15. The zero-order valence-electron chi connectivity index (χ0n) is 16.6. The molecule has 150 valence electrons. The third-order valence-corrected chi connectivity index (χ3v) is 5.50. The number of carbonyl (C=O) groups is 2. The van der Waals surface area contributed by atoms with Crippen LogP contribution in [0.3, 0.4) is 0 Å². The van der Waals surface area contributed by atoms with Crippen molar-refractivity contribution in [2.45, 2.75) is 20.4 Å². The number of imide groups is 1. The summed E-state index contributed by atoms with van der Waals surface area (Å²) in [6, 6.07) is 17.0. The lowest BCUT2D eigenvalue weighted by molar-refractivity contribution is -0.137. The Bertz CT molecular complexity index is 1170. The Morgan fingerprint density at radius 1 is 0.967 bits per heavy atom. The van der Waals surface area contributed by atoms with E-state index in [1.54, 1.807) is 24.5 Å². The first-order valence-corrected chi connectivity index (χ1v) is 10.3. The predicted octanol–water partition coefficient (Wildman–Crippen LogP) is 4.85. The van der Waals surface area contributed by atoms with E-state index in [0.29, 0.717) is 11.3 Å². The first-order valence-electron chi connectivity index (χ1n) is 9.53.